The number of carboxylic acid groups (broad SMARTS) is 1. The molecule has 3 aromatic carbocycles. The Labute approximate surface area is 176 Å². The van der Waals surface area contributed by atoms with Gasteiger partial charge in [-0.15, -0.1) is 0 Å². The van der Waals surface area contributed by atoms with E-state index >= 15 is 0 Å². The SMILES string of the molecule is [2H][C@@](O)(CNCCNc1cccc(-c2cccc(C(=O)O)c2)c1)c1cccc(Cl)c1. The van der Waals surface area contributed by atoms with Crippen LogP contribution in [0.25, 0.3) is 11.1 Å². The van der Waals surface area contributed by atoms with Crippen LogP contribution >= 0.6 is 11.6 Å². The highest BCUT2D eigenvalue weighted by atomic mass is 35.5. The summed E-state index contributed by atoms with van der Waals surface area (Å²) >= 11 is 5.93. The molecule has 0 aliphatic carbocycles. The van der Waals surface area contributed by atoms with Gasteiger partial charge >= 0.3 is 5.97 Å². The lowest BCUT2D eigenvalue weighted by atomic mass is 10.0. The Morgan fingerprint density at radius 3 is 2.48 bits per heavy atom. The van der Waals surface area contributed by atoms with Crippen LogP contribution in [0.15, 0.2) is 72.8 Å². The van der Waals surface area contributed by atoms with Crippen LogP contribution in [-0.4, -0.2) is 35.8 Å². The van der Waals surface area contributed by atoms with Crippen LogP contribution in [0, 0.1) is 0 Å². The smallest absolute Gasteiger partial charge is 0.335 e. The largest absolute Gasteiger partial charge is 0.478 e. The van der Waals surface area contributed by atoms with Crippen LogP contribution in [0.2, 0.25) is 5.02 Å². The third kappa shape index (κ3) is 6.06. The molecule has 5 nitrogen and oxygen atoms in total. The predicted octanol–water partition coefficient (Wildman–Crippen LogP) is 4.44. The first-order valence-corrected chi connectivity index (χ1v) is 9.60. The van der Waals surface area contributed by atoms with E-state index in [0.717, 1.165) is 16.8 Å². The summed E-state index contributed by atoms with van der Waals surface area (Å²) in [6, 6.07) is 21.2. The lowest BCUT2D eigenvalue weighted by Gasteiger charge is -2.13. The van der Waals surface area contributed by atoms with E-state index in [4.69, 9.17) is 18.1 Å². The Hall–Kier alpha value is -2.86. The van der Waals surface area contributed by atoms with Gasteiger partial charge in [0.15, 0.2) is 0 Å². The van der Waals surface area contributed by atoms with Crippen molar-refractivity contribution in [2.45, 2.75) is 6.08 Å². The zero-order chi connectivity index (χ0) is 21.6. The highest BCUT2D eigenvalue weighted by Crippen LogP contribution is 2.23. The first kappa shape index (κ1) is 19.5. The first-order chi connectivity index (χ1) is 14.3. The number of hydrogen-bond donors (Lipinski definition) is 4. The standard InChI is InChI=1S/C23H23ClN2O3/c24-20-8-2-6-18(13-20)22(27)15-25-10-11-26-21-9-3-5-17(14-21)16-4-1-7-19(12-16)23(28)29/h1-9,12-14,22,25-27H,10-11,15H2,(H,28,29)/t22-/m1/s1/i22D. The van der Waals surface area contributed by atoms with Gasteiger partial charge in [-0.2, -0.15) is 0 Å². The number of aliphatic hydroxyl groups is 1. The zero-order valence-corrected chi connectivity index (χ0v) is 16.5. The molecule has 0 unspecified atom stereocenters. The molecule has 29 heavy (non-hydrogen) atoms. The van der Waals surface area contributed by atoms with Crippen LogP contribution in [0.1, 0.15) is 23.4 Å². The number of aromatic carboxylic acids is 1. The Kier molecular flexibility index (Phi) is 6.76. The summed E-state index contributed by atoms with van der Waals surface area (Å²) in [6.45, 7) is 1.20. The highest BCUT2D eigenvalue weighted by molar-refractivity contribution is 6.30. The van der Waals surface area contributed by atoms with E-state index in [1.165, 1.54) is 0 Å². The van der Waals surface area contributed by atoms with Gasteiger partial charge in [0.1, 0.15) is 0 Å². The Balaban J connectivity index is 1.53. The van der Waals surface area contributed by atoms with E-state index in [1.807, 2.05) is 30.3 Å². The van der Waals surface area contributed by atoms with Gasteiger partial charge in [0, 0.05) is 30.3 Å². The van der Waals surface area contributed by atoms with E-state index in [0.29, 0.717) is 23.7 Å². The highest BCUT2D eigenvalue weighted by Gasteiger charge is 2.07. The van der Waals surface area contributed by atoms with Crippen molar-refractivity contribution in [3.63, 3.8) is 0 Å². The molecule has 3 aromatic rings. The molecule has 0 saturated heterocycles. The van der Waals surface area contributed by atoms with Crippen molar-refractivity contribution < 1.29 is 16.4 Å². The minimum absolute atomic E-state index is 0.0665. The zero-order valence-electron chi connectivity index (χ0n) is 16.7. The second-order valence-corrected chi connectivity index (χ2v) is 6.96. The van der Waals surface area contributed by atoms with E-state index < -0.39 is 12.0 Å². The van der Waals surface area contributed by atoms with Crippen LogP contribution < -0.4 is 10.6 Å². The van der Waals surface area contributed by atoms with Crippen LogP contribution in [-0.2, 0) is 0 Å². The molecule has 4 N–H and O–H groups in total. The molecule has 150 valence electrons. The van der Waals surface area contributed by atoms with Gasteiger partial charge in [-0.05, 0) is 53.1 Å². The third-order valence-electron chi connectivity index (χ3n) is 4.39. The van der Waals surface area contributed by atoms with Crippen molar-refractivity contribution in [3.8, 4) is 11.1 Å². The fraction of sp³-hybridized carbons (Fsp3) is 0.174. The average Bonchev–Trinajstić information content (AvgIpc) is 2.74. The molecule has 0 aromatic heterocycles. The topological polar surface area (TPSA) is 81.6 Å². The Bertz CT molecular complexity index is 1030. The van der Waals surface area contributed by atoms with Crippen molar-refractivity contribution in [2.24, 2.45) is 0 Å². The number of carbonyl (C=O) groups is 1. The van der Waals surface area contributed by atoms with E-state index in [2.05, 4.69) is 10.6 Å². The number of carboxylic acids is 1. The molecule has 0 aliphatic heterocycles. The molecule has 0 heterocycles. The third-order valence-corrected chi connectivity index (χ3v) is 4.62. The number of hydrogen-bond acceptors (Lipinski definition) is 4. The molecular formula is C23H23ClN2O3. The van der Waals surface area contributed by atoms with E-state index in [9.17, 15) is 9.90 Å². The number of halogens is 1. The van der Waals surface area contributed by atoms with Crippen molar-refractivity contribution in [1.82, 2.24) is 5.32 Å². The van der Waals surface area contributed by atoms with Crippen LogP contribution in [0.5, 0.6) is 0 Å². The summed E-state index contributed by atoms with van der Waals surface area (Å²) in [4.78, 5) is 11.2. The molecule has 0 fully saturated rings. The lowest BCUT2D eigenvalue weighted by molar-refractivity contribution is 0.0697. The van der Waals surface area contributed by atoms with Gasteiger partial charge in [-0.3, -0.25) is 0 Å². The second-order valence-electron chi connectivity index (χ2n) is 6.53. The Morgan fingerprint density at radius 1 is 1.00 bits per heavy atom. The summed E-state index contributed by atoms with van der Waals surface area (Å²) in [5.41, 5.74) is 3.32. The molecule has 0 amide bonds. The molecule has 1 atom stereocenters. The average molecular weight is 412 g/mol. The van der Waals surface area contributed by atoms with Crippen molar-refractivity contribution in [3.05, 3.63) is 88.9 Å². The van der Waals surface area contributed by atoms with Crippen molar-refractivity contribution >= 4 is 23.3 Å². The van der Waals surface area contributed by atoms with Gasteiger partial charge in [-0.25, -0.2) is 4.79 Å². The summed E-state index contributed by atoms with van der Waals surface area (Å²) in [7, 11) is 0. The molecular weight excluding hydrogens is 388 g/mol. The van der Waals surface area contributed by atoms with E-state index in [1.54, 1.807) is 42.5 Å². The number of rotatable bonds is 9. The van der Waals surface area contributed by atoms with Gasteiger partial charge < -0.3 is 20.8 Å². The fourth-order valence-corrected chi connectivity index (χ4v) is 3.10. The summed E-state index contributed by atoms with van der Waals surface area (Å²) < 4.78 is 8.11. The van der Waals surface area contributed by atoms with Gasteiger partial charge in [0.25, 0.3) is 0 Å². The number of anilines is 1. The number of benzene rings is 3. The van der Waals surface area contributed by atoms with Gasteiger partial charge in [-0.1, -0.05) is 48.0 Å². The minimum Gasteiger partial charge on any atom is -0.478 e. The quantitative estimate of drug-likeness (QED) is 0.391. The molecule has 3 rings (SSSR count). The predicted molar refractivity (Wildman–Crippen MR) is 117 cm³/mol. The molecule has 0 aliphatic rings. The molecule has 0 bridgehead atoms. The fourth-order valence-electron chi connectivity index (χ4n) is 2.91. The van der Waals surface area contributed by atoms with Crippen molar-refractivity contribution in [2.75, 3.05) is 25.0 Å². The van der Waals surface area contributed by atoms with E-state index in [-0.39, 0.29) is 12.1 Å². The van der Waals surface area contributed by atoms with Crippen molar-refractivity contribution in [1.29, 1.82) is 0 Å². The molecule has 0 saturated carbocycles. The summed E-state index contributed by atoms with van der Waals surface area (Å²) in [6.07, 6.45) is -1.76. The monoisotopic (exact) mass is 411 g/mol. The van der Waals surface area contributed by atoms with Gasteiger partial charge in [0.05, 0.1) is 13.0 Å². The summed E-state index contributed by atoms with van der Waals surface area (Å²) in [5, 5.41) is 26.3. The van der Waals surface area contributed by atoms with Gasteiger partial charge in [0.2, 0.25) is 0 Å². The maximum absolute atomic E-state index is 11.2. The molecule has 0 radical (unpaired) electrons. The number of nitrogens with one attached hydrogen (secondary N) is 2. The van der Waals surface area contributed by atoms with Crippen LogP contribution in [0.3, 0.4) is 0 Å². The minimum atomic E-state index is -1.76. The maximum Gasteiger partial charge on any atom is 0.335 e. The molecule has 6 heteroatoms. The lowest BCUT2D eigenvalue weighted by Crippen LogP contribution is -2.26. The second kappa shape index (κ2) is 10.1. The van der Waals surface area contributed by atoms with Crippen LogP contribution in [0.4, 0.5) is 5.69 Å². The maximum atomic E-state index is 11.2. The first-order valence-electron chi connectivity index (χ1n) is 9.72. The Morgan fingerprint density at radius 2 is 1.72 bits per heavy atom. The molecule has 0 spiro atoms. The normalized spacial score (nSPS) is 13.4. The summed E-state index contributed by atoms with van der Waals surface area (Å²) in [5.74, 6) is -0.954.